The van der Waals surface area contributed by atoms with E-state index in [-0.39, 0.29) is 0 Å². The summed E-state index contributed by atoms with van der Waals surface area (Å²) in [7, 11) is 1.73. The average molecular weight is 294 g/mol. The molecule has 6 nitrogen and oxygen atoms in total. The molecule has 0 amide bonds. The lowest BCUT2D eigenvalue weighted by atomic mass is 9.98. The Balaban J connectivity index is 1.86. The smallest absolute Gasteiger partial charge is 0.218 e. The van der Waals surface area contributed by atoms with E-state index < -0.39 is 0 Å². The molecule has 1 aliphatic rings. The number of nitrogens with zero attached hydrogens (tertiary/aromatic N) is 3. The molecule has 0 aromatic carbocycles. The Morgan fingerprint density at radius 2 is 2.33 bits per heavy atom. The van der Waals surface area contributed by atoms with Crippen LogP contribution in [0.25, 0.3) is 0 Å². The molecule has 0 aliphatic carbocycles. The molecule has 1 aromatic heterocycles. The van der Waals surface area contributed by atoms with E-state index in [2.05, 4.69) is 20.2 Å². The number of methoxy groups -OCH3 is 1. The minimum atomic E-state index is 0.627. The van der Waals surface area contributed by atoms with Crippen LogP contribution in [0.3, 0.4) is 0 Å². The van der Waals surface area contributed by atoms with Crippen LogP contribution in [0.1, 0.15) is 19.8 Å². The second kappa shape index (κ2) is 8.79. The lowest BCUT2D eigenvalue weighted by Crippen LogP contribution is -2.40. The first-order valence-corrected chi connectivity index (χ1v) is 7.73. The van der Waals surface area contributed by atoms with Gasteiger partial charge in [-0.1, -0.05) is 0 Å². The van der Waals surface area contributed by atoms with Crippen molar-refractivity contribution in [2.45, 2.75) is 19.8 Å². The zero-order valence-electron chi connectivity index (χ0n) is 13.0. The fraction of sp³-hybridized carbons (Fsp3) is 0.733. The van der Waals surface area contributed by atoms with Crippen molar-refractivity contribution in [2.75, 3.05) is 51.4 Å². The van der Waals surface area contributed by atoms with Gasteiger partial charge in [0.2, 0.25) is 5.88 Å². The van der Waals surface area contributed by atoms with Crippen molar-refractivity contribution in [2.24, 2.45) is 5.92 Å². The summed E-state index contributed by atoms with van der Waals surface area (Å²) in [6.45, 7) is 7.38. The van der Waals surface area contributed by atoms with E-state index in [1.54, 1.807) is 13.4 Å². The normalized spacial score (nSPS) is 18.8. The topological polar surface area (TPSA) is 59.5 Å². The van der Waals surface area contributed by atoms with Gasteiger partial charge in [-0.3, -0.25) is 0 Å². The van der Waals surface area contributed by atoms with Gasteiger partial charge in [-0.05, 0) is 32.2 Å². The fourth-order valence-electron chi connectivity index (χ4n) is 2.65. The summed E-state index contributed by atoms with van der Waals surface area (Å²) >= 11 is 0. The molecule has 6 heteroatoms. The molecule has 0 radical (unpaired) electrons. The van der Waals surface area contributed by atoms with E-state index in [9.17, 15) is 0 Å². The van der Waals surface area contributed by atoms with E-state index in [0.29, 0.717) is 18.4 Å². The first kappa shape index (κ1) is 16.0. The molecule has 1 fully saturated rings. The highest BCUT2D eigenvalue weighted by atomic mass is 16.5. The lowest BCUT2D eigenvalue weighted by molar-refractivity contribution is 0.197. The predicted molar refractivity (Wildman–Crippen MR) is 82.9 cm³/mol. The van der Waals surface area contributed by atoms with Crippen molar-refractivity contribution in [3.05, 3.63) is 12.4 Å². The summed E-state index contributed by atoms with van der Waals surface area (Å²) in [5.41, 5.74) is 0. The highest BCUT2D eigenvalue weighted by molar-refractivity contribution is 5.41. The maximum atomic E-state index is 5.45. The summed E-state index contributed by atoms with van der Waals surface area (Å²) in [5, 5.41) is 3.45. The maximum Gasteiger partial charge on any atom is 0.218 e. The van der Waals surface area contributed by atoms with Crippen molar-refractivity contribution >= 4 is 5.82 Å². The summed E-state index contributed by atoms with van der Waals surface area (Å²) in [6, 6.07) is 1.93. The Bertz CT molecular complexity index is 416. The van der Waals surface area contributed by atoms with Crippen molar-refractivity contribution < 1.29 is 9.47 Å². The van der Waals surface area contributed by atoms with Gasteiger partial charge < -0.3 is 19.7 Å². The molecule has 1 aromatic rings. The van der Waals surface area contributed by atoms with Gasteiger partial charge in [0, 0.05) is 32.8 Å². The molecule has 0 bridgehead atoms. The molecule has 1 unspecified atom stereocenters. The van der Waals surface area contributed by atoms with E-state index in [1.807, 2.05) is 13.0 Å². The van der Waals surface area contributed by atoms with Crippen LogP contribution >= 0.6 is 0 Å². The fourth-order valence-corrected chi connectivity index (χ4v) is 2.65. The molecule has 0 saturated carbocycles. The number of hydrogen-bond acceptors (Lipinski definition) is 6. The largest absolute Gasteiger partial charge is 0.478 e. The number of aromatic nitrogens is 2. The van der Waals surface area contributed by atoms with Gasteiger partial charge in [0.25, 0.3) is 0 Å². The monoisotopic (exact) mass is 294 g/mol. The minimum absolute atomic E-state index is 0.627. The van der Waals surface area contributed by atoms with E-state index in [1.165, 1.54) is 12.8 Å². The third kappa shape index (κ3) is 5.13. The van der Waals surface area contributed by atoms with Crippen LogP contribution in [0.5, 0.6) is 5.88 Å². The van der Waals surface area contributed by atoms with Crippen LogP contribution in [0.2, 0.25) is 0 Å². The molecular formula is C15H26N4O2. The predicted octanol–water partition coefficient (Wildman–Crippen LogP) is 1.33. The summed E-state index contributed by atoms with van der Waals surface area (Å²) < 4.78 is 10.5. The molecule has 21 heavy (non-hydrogen) atoms. The molecule has 1 atom stereocenters. The Morgan fingerprint density at radius 1 is 1.43 bits per heavy atom. The van der Waals surface area contributed by atoms with E-state index in [0.717, 1.165) is 38.6 Å². The lowest BCUT2D eigenvalue weighted by Gasteiger charge is -2.33. The Kier molecular flexibility index (Phi) is 6.69. The van der Waals surface area contributed by atoms with Crippen molar-refractivity contribution in [1.29, 1.82) is 0 Å². The second-order valence-corrected chi connectivity index (χ2v) is 5.30. The Hall–Kier alpha value is -1.40. The van der Waals surface area contributed by atoms with Gasteiger partial charge in [-0.2, -0.15) is 0 Å². The molecule has 1 aliphatic heterocycles. The van der Waals surface area contributed by atoms with Crippen LogP contribution < -0.4 is 15.0 Å². The van der Waals surface area contributed by atoms with Crippen molar-refractivity contribution in [3.63, 3.8) is 0 Å². The van der Waals surface area contributed by atoms with Gasteiger partial charge in [0.1, 0.15) is 12.1 Å². The number of anilines is 1. The third-order valence-corrected chi connectivity index (χ3v) is 3.68. The highest BCUT2D eigenvalue weighted by Crippen LogP contribution is 2.23. The SMILES string of the molecule is CCOc1cc(N2CCCC(CNCCOC)C2)ncn1. The van der Waals surface area contributed by atoms with E-state index in [4.69, 9.17) is 9.47 Å². The maximum absolute atomic E-state index is 5.45. The first-order chi connectivity index (χ1) is 10.3. The van der Waals surface area contributed by atoms with Crippen LogP contribution in [0.4, 0.5) is 5.82 Å². The number of piperidine rings is 1. The summed E-state index contributed by atoms with van der Waals surface area (Å²) in [6.07, 6.45) is 4.05. The number of rotatable bonds is 8. The van der Waals surface area contributed by atoms with Crippen LogP contribution in [0, 0.1) is 5.92 Å². The van der Waals surface area contributed by atoms with Gasteiger partial charge in [-0.15, -0.1) is 0 Å². The molecule has 1 N–H and O–H groups in total. The standard InChI is InChI=1S/C15H26N4O2/c1-3-21-15-9-14(17-12-18-15)19-7-4-5-13(11-19)10-16-6-8-20-2/h9,12-13,16H,3-8,10-11H2,1-2H3. The zero-order valence-corrected chi connectivity index (χ0v) is 13.0. The van der Waals surface area contributed by atoms with Crippen LogP contribution in [-0.4, -0.2) is 56.5 Å². The Morgan fingerprint density at radius 3 is 3.14 bits per heavy atom. The quantitative estimate of drug-likeness (QED) is 0.730. The minimum Gasteiger partial charge on any atom is -0.478 e. The zero-order chi connectivity index (χ0) is 14.9. The molecule has 118 valence electrons. The summed E-state index contributed by atoms with van der Waals surface area (Å²) in [4.78, 5) is 10.8. The van der Waals surface area contributed by atoms with Crippen molar-refractivity contribution in [3.8, 4) is 5.88 Å². The number of hydrogen-bond donors (Lipinski definition) is 1. The highest BCUT2D eigenvalue weighted by Gasteiger charge is 2.21. The molecule has 2 rings (SSSR count). The molecule has 1 saturated heterocycles. The molecular weight excluding hydrogens is 268 g/mol. The molecule has 0 spiro atoms. The number of nitrogens with one attached hydrogen (secondary N) is 1. The van der Waals surface area contributed by atoms with E-state index >= 15 is 0 Å². The van der Waals surface area contributed by atoms with Crippen molar-refractivity contribution in [1.82, 2.24) is 15.3 Å². The van der Waals surface area contributed by atoms with Gasteiger partial charge in [-0.25, -0.2) is 9.97 Å². The summed E-state index contributed by atoms with van der Waals surface area (Å²) in [5.74, 6) is 2.28. The van der Waals surface area contributed by atoms with Gasteiger partial charge in [0.15, 0.2) is 0 Å². The van der Waals surface area contributed by atoms with Crippen LogP contribution in [-0.2, 0) is 4.74 Å². The van der Waals surface area contributed by atoms with Crippen LogP contribution in [0.15, 0.2) is 12.4 Å². The van der Waals surface area contributed by atoms with Gasteiger partial charge >= 0.3 is 0 Å². The average Bonchev–Trinajstić information content (AvgIpc) is 2.53. The molecule has 2 heterocycles. The first-order valence-electron chi connectivity index (χ1n) is 7.73. The third-order valence-electron chi connectivity index (χ3n) is 3.68. The number of ether oxygens (including phenoxy) is 2. The second-order valence-electron chi connectivity index (χ2n) is 5.30. The Labute approximate surface area is 126 Å². The van der Waals surface area contributed by atoms with Gasteiger partial charge in [0.05, 0.1) is 13.2 Å².